The normalized spacial score (nSPS) is 16.3. The molecular formula is C17H24O2. The first-order chi connectivity index (χ1) is 9.20. The number of hydrogen-bond donors (Lipinski definition) is 0. The summed E-state index contributed by atoms with van der Waals surface area (Å²) in [5.41, 5.74) is 1.87. The maximum Gasteiger partial charge on any atom is 0.166 e. The van der Waals surface area contributed by atoms with Gasteiger partial charge < -0.3 is 4.74 Å². The molecule has 2 heteroatoms. The third-order valence-corrected chi connectivity index (χ3v) is 4.16. The van der Waals surface area contributed by atoms with Crippen LogP contribution in [0.2, 0.25) is 0 Å². The summed E-state index contributed by atoms with van der Waals surface area (Å²) in [6.07, 6.45) is 8.35. The van der Waals surface area contributed by atoms with Crippen molar-refractivity contribution in [2.45, 2.75) is 51.9 Å². The van der Waals surface area contributed by atoms with Gasteiger partial charge in [0, 0.05) is 6.42 Å². The van der Waals surface area contributed by atoms with Crippen molar-refractivity contribution in [3.8, 4) is 5.75 Å². The molecule has 0 unspecified atom stereocenters. The fourth-order valence-electron chi connectivity index (χ4n) is 2.97. The van der Waals surface area contributed by atoms with E-state index in [9.17, 15) is 4.79 Å². The lowest BCUT2D eigenvalue weighted by Crippen LogP contribution is -2.10. The van der Waals surface area contributed by atoms with E-state index >= 15 is 0 Å². The lowest BCUT2D eigenvalue weighted by Gasteiger charge is -2.21. The summed E-state index contributed by atoms with van der Waals surface area (Å²) >= 11 is 0. The smallest absolute Gasteiger partial charge is 0.166 e. The van der Waals surface area contributed by atoms with E-state index in [1.807, 2.05) is 25.1 Å². The van der Waals surface area contributed by atoms with Crippen molar-refractivity contribution in [3.63, 3.8) is 0 Å². The van der Waals surface area contributed by atoms with Gasteiger partial charge in [-0.3, -0.25) is 4.79 Å². The zero-order chi connectivity index (χ0) is 13.7. The minimum atomic E-state index is 0.224. The molecule has 1 fully saturated rings. The molecule has 1 aliphatic carbocycles. The Morgan fingerprint density at radius 2 is 2.00 bits per heavy atom. The Hall–Kier alpha value is -1.31. The summed E-state index contributed by atoms with van der Waals surface area (Å²) in [5.74, 6) is 1.70. The zero-order valence-corrected chi connectivity index (χ0v) is 12.1. The Bertz CT molecular complexity index is 431. The van der Waals surface area contributed by atoms with E-state index in [4.69, 9.17) is 4.74 Å². The molecule has 0 bridgehead atoms. The van der Waals surface area contributed by atoms with E-state index in [1.165, 1.54) is 32.1 Å². The van der Waals surface area contributed by atoms with E-state index < -0.39 is 0 Å². The topological polar surface area (TPSA) is 26.3 Å². The van der Waals surface area contributed by atoms with Crippen LogP contribution in [0, 0.1) is 12.8 Å². The molecule has 0 heterocycles. The standard InChI is InChI=1S/C17H24O2/c1-13-8-10-15(17(12-13)19-2)16(18)11-9-14-6-4-3-5-7-14/h8,10,12,14H,3-7,9,11H2,1-2H3. The number of methoxy groups -OCH3 is 1. The summed E-state index contributed by atoms with van der Waals surface area (Å²) in [7, 11) is 1.63. The van der Waals surface area contributed by atoms with Gasteiger partial charge in [-0.05, 0) is 37.0 Å². The minimum Gasteiger partial charge on any atom is -0.496 e. The SMILES string of the molecule is COc1cc(C)ccc1C(=O)CCC1CCCCC1. The molecule has 104 valence electrons. The molecule has 1 aromatic rings. The van der Waals surface area contributed by atoms with Gasteiger partial charge in [-0.1, -0.05) is 38.2 Å². The van der Waals surface area contributed by atoms with Crippen LogP contribution in [-0.4, -0.2) is 12.9 Å². The van der Waals surface area contributed by atoms with Crippen molar-refractivity contribution in [1.82, 2.24) is 0 Å². The van der Waals surface area contributed by atoms with Gasteiger partial charge in [0.25, 0.3) is 0 Å². The highest BCUT2D eigenvalue weighted by Crippen LogP contribution is 2.29. The third-order valence-electron chi connectivity index (χ3n) is 4.16. The van der Waals surface area contributed by atoms with Crippen molar-refractivity contribution in [2.75, 3.05) is 7.11 Å². The fraction of sp³-hybridized carbons (Fsp3) is 0.588. The molecule has 1 saturated carbocycles. The van der Waals surface area contributed by atoms with Gasteiger partial charge in [-0.15, -0.1) is 0 Å². The number of benzene rings is 1. The molecular weight excluding hydrogens is 236 g/mol. The van der Waals surface area contributed by atoms with E-state index in [-0.39, 0.29) is 5.78 Å². The maximum atomic E-state index is 12.3. The first kappa shape index (κ1) is 14.1. The largest absolute Gasteiger partial charge is 0.496 e. The number of ether oxygens (including phenoxy) is 1. The molecule has 0 spiro atoms. The quantitative estimate of drug-likeness (QED) is 0.726. The molecule has 1 aliphatic rings. The highest BCUT2D eigenvalue weighted by molar-refractivity contribution is 5.98. The van der Waals surface area contributed by atoms with Gasteiger partial charge in [0.1, 0.15) is 5.75 Å². The first-order valence-corrected chi connectivity index (χ1v) is 7.38. The summed E-state index contributed by atoms with van der Waals surface area (Å²) < 4.78 is 5.32. The maximum absolute atomic E-state index is 12.3. The molecule has 1 aromatic carbocycles. The van der Waals surface area contributed by atoms with Crippen LogP contribution in [0.1, 0.15) is 60.9 Å². The summed E-state index contributed by atoms with van der Waals surface area (Å²) in [5, 5.41) is 0. The van der Waals surface area contributed by atoms with Gasteiger partial charge in [-0.2, -0.15) is 0 Å². The Morgan fingerprint density at radius 3 is 2.68 bits per heavy atom. The van der Waals surface area contributed by atoms with Crippen molar-refractivity contribution in [1.29, 1.82) is 0 Å². The molecule has 0 aromatic heterocycles. The van der Waals surface area contributed by atoms with Crippen molar-refractivity contribution in [2.24, 2.45) is 5.92 Å². The molecule has 0 saturated heterocycles. The van der Waals surface area contributed by atoms with Gasteiger partial charge in [0.15, 0.2) is 5.78 Å². The molecule has 2 nitrogen and oxygen atoms in total. The van der Waals surface area contributed by atoms with E-state index in [2.05, 4.69) is 0 Å². The lowest BCUT2D eigenvalue weighted by atomic mass is 9.85. The highest BCUT2D eigenvalue weighted by atomic mass is 16.5. The Balaban J connectivity index is 1.95. The van der Waals surface area contributed by atoms with Crippen LogP contribution in [0.3, 0.4) is 0 Å². The van der Waals surface area contributed by atoms with Crippen LogP contribution in [-0.2, 0) is 0 Å². The number of ketones is 1. The Morgan fingerprint density at radius 1 is 1.26 bits per heavy atom. The zero-order valence-electron chi connectivity index (χ0n) is 12.1. The van der Waals surface area contributed by atoms with Crippen LogP contribution in [0.15, 0.2) is 18.2 Å². The predicted molar refractivity (Wildman–Crippen MR) is 77.9 cm³/mol. The molecule has 0 aliphatic heterocycles. The molecule has 19 heavy (non-hydrogen) atoms. The summed E-state index contributed by atoms with van der Waals surface area (Å²) in [6, 6.07) is 5.82. The van der Waals surface area contributed by atoms with E-state index in [0.717, 1.165) is 23.5 Å². The van der Waals surface area contributed by atoms with Gasteiger partial charge >= 0.3 is 0 Å². The molecule has 0 radical (unpaired) electrons. The number of Topliss-reactive ketones (excluding diaryl/α,β-unsaturated/α-hetero) is 1. The minimum absolute atomic E-state index is 0.224. The average molecular weight is 260 g/mol. The number of carbonyl (C=O) groups is 1. The van der Waals surface area contributed by atoms with Gasteiger partial charge in [0.2, 0.25) is 0 Å². The number of aryl methyl sites for hydroxylation is 1. The second kappa shape index (κ2) is 6.74. The Labute approximate surface area is 116 Å². The first-order valence-electron chi connectivity index (χ1n) is 7.38. The number of carbonyl (C=O) groups excluding carboxylic acids is 1. The van der Waals surface area contributed by atoms with Gasteiger partial charge in [0.05, 0.1) is 12.7 Å². The third kappa shape index (κ3) is 3.82. The predicted octanol–water partition coefficient (Wildman–Crippen LogP) is 4.55. The average Bonchev–Trinajstić information content (AvgIpc) is 2.45. The van der Waals surface area contributed by atoms with Crippen LogP contribution < -0.4 is 4.74 Å². The molecule has 0 amide bonds. The van der Waals surface area contributed by atoms with E-state index in [0.29, 0.717) is 12.2 Å². The molecule has 0 N–H and O–H groups in total. The molecule has 2 rings (SSSR count). The molecule has 0 atom stereocenters. The Kier molecular flexibility index (Phi) is 5.00. The summed E-state index contributed by atoms with van der Waals surface area (Å²) in [6.45, 7) is 2.01. The number of rotatable bonds is 5. The summed E-state index contributed by atoms with van der Waals surface area (Å²) in [4.78, 5) is 12.3. The van der Waals surface area contributed by atoms with Gasteiger partial charge in [-0.25, -0.2) is 0 Å². The monoisotopic (exact) mass is 260 g/mol. The number of hydrogen-bond acceptors (Lipinski definition) is 2. The fourth-order valence-corrected chi connectivity index (χ4v) is 2.97. The second-order valence-corrected chi connectivity index (χ2v) is 5.67. The van der Waals surface area contributed by atoms with E-state index in [1.54, 1.807) is 7.11 Å². The second-order valence-electron chi connectivity index (χ2n) is 5.67. The van der Waals surface area contributed by atoms with Crippen molar-refractivity contribution in [3.05, 3.63) is 29.3 Å². The van der Waals surface area contributed by atoms with Crippen molar-refractivity contribution < 1.29 is 9.53 Å². The van der Waals surface area contributed by atoms with Crippen LogP contribution in [0.4, 0.5) is 0 Å². The highest BCUT2D eigenvalue weighted by Gasteiger charge is 2.17. The van der Waals surface area contributed by atoms with Crippen LogP contribution in [0.25, 0.3) is 0 Å². The van der Waals surface area contributed by atoms with Crippen LogP contribution in [0.5, 0.6) is 5.75 Å². The van der Waals surface area contributed by atoms with Crippen molar-refractivity contribution >= 4 is 5.78 Å². The lowest BCUT2D eigenvalue weighted by molar-refractivity contribution is 0.0967. The van der Waals surface area contributed by atoms with Crippen LogP contribution >= 0.6 is 0 Å².